The van der Waals surface area contributed by atoms with Crippen LogP contribution in [0.15, 0.2) is 36.5 Å². The lowest BCUT2D eigenvalue weighted by Crippen LogP contribution is -2.37. The number of morpholine rings is 1. The Morgan fingerprint density at radius 1 is 1.18 bits per heavy atom. The normalized spacial score (nSPS) is 13.5. The van der Waals surface area contributed by atoms with E-state index in [-0.39, 0.29) is 16.7 Å². The second-order valence-electron chi connectivity index (χ2n) is 7.01. The topological polar surface area (TPSA) is 119 Å². The molecule has 0 unspecified atom stereocenters. The number of carbonyl (C=O) groups excluding carboxylic acids is 2. The minimum atomic E-state index is -0.409. The number of carbonyl (C=O) groups is 2. The predicted octanol–water partition coefficient (Wildman–Crippen LogP) is 2.61. The maximum Gasteiger partial charge on any atom is 0.296 e. The molecule has 0 bridgehead atoms. The number of amides is 2. The van der Waals surface area contributed by atoms with Crippen molar-refractivity contribution in [2.24, 2.45) is 0 Å². The molecule has 1 aromatic carbocycles. The number of rotatable bonds is 7. The molecule has 1 saturated heterocycles. The number of ether oxygens (including phenoxy) is 2. The Morgan fingerprint density at radius 3 is 2.67 bits per heavy atom. The van der Waals surface area contributed by atoms with Crippen LogP contribution in [0.2, 0.25) is 5.02 Å². The van der Waals surface area contributed by atoms with Gasteiger partial charge >= 0.3 is 0 Å². The van der Waals surface area contributed by atoms with Gasteiger partial charge in [0, 0.05) is 31.4 Å². The quantitative estimate of drug-likeness (QED) is 0.521. The second-order valence-corrected chi connectivity index (χ2v) is 8.38. The molecule has 3 heterocycles. The number of halogens is 1. The number of benzene rings is 1. The van der Waals surface area contributed by atoms with Gasteiger partial charge in [0.1, 0.15) is 12.3 Å². The monoisotopic (exact) mass is 488 g/mol. The summed E-state index contributed by atoms with van der Waals surface area (Å²) in [6.07, 6.45) is 1.39. The van der Waals surface area contributed by atoms with Crippen LogP contribution in [0.3, 0.4) is 0 Å². The number of hydrogen-bond donors (Lipinski definition) is 2. The Bertz CT molecular complexity index is 1130. The summed E-state index contributed by atoms with van der Waals surface area (Å²) in [6.45, 7) is 2.55. The van der Waals surface area contributed by atoms with Crippen molar-refractivity contribution in [2.45, 2.75) is 6.61 Å². The van der Waals surface area contributed by atoms with Crippen molar-refractivity contribution in [3.63, 3.8) is 0 Å². The smallest absolute Gasteiger partial charge is 0.296 e. The van der Waals surface area contributed by atoms with Crippen LogP contribution < -0.4 is 20.3 Å². The Kier molecular flexibility index (Phi) is 7.33. The van der Waals surface area contributed by atoms with Gasteiger partial charge in [-0.05, 0) is 35.1 Å². The first kappa shape index (κ1) is 22.9. The van der Waals surface area contributed by atoms with Crippen LogP contribution in [0, 0.1) is 0 Å². The van der Waals surface area contributed by atoms with E-state index < -0.39 is 5.91 Å². The summed E-state index contributed by atoms with van der Waals surface area (Å²) < 4.78 is 11.1. The molecule has 0 spiro atoms. The molecule has 0 radical (unpaired) electrons. The summed E-state index contributed by atoms with van der Waals surface area (Å²) >= 11 is 7.00. The van der Waals surface area contributed by atoms with Crippen LogP contribution in [-0.4, -0.2) is 60.3 Å². The molecule has 1 aliphatic heterocycles. The van der Waals surface area contributed by atoms with Crippen molar-refractivity contribution in [3.8, 4) is 5.19 Å². The maximum atomic E-state index is 13.0. The first-order valence-electron chi connectivity index (χ1n) is 10.1. The molecule has 33 heavy (non-hydrogen) atoms. The van der Waals surface area contributed by atoms with Gasteiger partial charge < -0.3 is 19.7 Å². The van der Waals surface area contributed by atoms with Gasteiger partial charge in [-0.15, -0.1) is 5.10 Å². The fraction of sp³-hybridized carbons (Fsp3) is 0.286. The summed E-state index contributed by atoms with van der Waals surface area (Å²) in [5.41, 5.74) is 2.08. The first-order chi connectivity index (χ1) is 16.0. The van der Waals surface area contributed by atoms with Gasteiger partial charge in [0.15, 0.2) is 0 Å². The van der Waals surface area contributed by atoms with E-state index in [0.29, 0.717) is 54.4 Å². The molecule has 3 aromatic rings. The molecule has 2 amide bonds. The van der Waals surface area contributed by atoms with Crippen molar-refractivity contribution in [2.75, 3.05) is 43.6 Å². The summed E-state index contributed by atoms with van der Waals surface area (Å²) in [7, 11) is 1.53. The lowest BCUT2D eigenvalue weighted by molar-refractivity contribution is 0.0955. The van der Waals surface area contributed by atoms with E-state index >= 15 is 0 Å². The zero-order valence-electron chi connectivity index (χ0n) is 17.7. The van der Waals surface area contributed by atoms with E-state index in [9.17, 15) is 9.59 Å². The lowest BCUT2D eigenvalue weighted by Gasteiger charge is -2.30. The van der Waals surface area contributed by atoms with Crippen molar-refractivity contribution in [1.29, 1.82) is 0 Å². The number of nitrogens with one attached hydrogen (secondary N) is 2. The van der Waals surface area contributed by atoms with E-state index in [0.717, 1.165) is 16.9 Å². The number of hydrogen-bond acceptors (Lipinski definition) is 9. The van der Waals surface area contributed by atoms with Crippen LogP contribution >= 0.6 is 22.9 Å². The molecular weight excluding hydrogens is 468 g/mol. The maximum absolute atomic E-state index is 13.0. The van der Waals surface area contributed by atoms with E-state index in [4.69, 9.17) is 21.1 Å². The van der Waals surface area contributed by atoms with Crippen LogP contribution in [0.25, 0.3) is 0 Å². The van der Waals surface area contributed by atoms with E-state index in [1.165, 1.54) is 13.2 Å². The van der Waals surface area contributed by atoms with Crippen molar-refractivity contribution < 1.29 is 19.1 Å². The van der Waals surface area contributed by atoms with Crippen LogP contribution in [0.4, 0.5) is 10.8 Å². The second kappa shape index (κ2) is 10.6. The highest BCUT2D eigenvalue weighted by molar-refractivity contribution is 7.17. The standard InChI is InChI=1S/C21H21ClN6O4S/c1-23-19(30)16-10-17(28-6-8-31-9-7-28)15(11-24-16)18(29)25-20-26-27-21(33-20)32-12-13-2-4-14(22)5-3-13/h2-5,10-11H,6-9,12H2,1H3,(H,23,30)(H,25,26,29). The largest absolute Gasteiger partial charge is 0.464 e. The Labute approximate surface area is 198 Å². The zero-order valence-corrected chi connectivity index (χ0v) is 19.3. The molecule has 10 nitrogen and oxygen atoms in total. The molecule has 1 fully saturated rings. The molecule has 1 aliphatic rings. The van der Waals surface area contributed by atoms with Gasteiger partial charge in [-0.25, -0.2) is 0 Å². The lowest BCUT2D eigenvalue weighted by atomic mass is 10.1. The zero-order chi connectivity index (χ0) is 23.2. The predicted molar refractivity (Wildman–Crippen MR) is 124 cm³/mol. The van der Waals surface area contributed by atoms with Crippen molar-refractivity contribution in [1.82, 2.24) is 20.5 Å². The van der Waals surface area contributed by atoms with Crippen LogP contribution in [0.1, 0.15) is 26.4 Å². The first-order valence-corrected chi connectivity index (χ1v) is 11.3. The number of anilines is 2. The van der Waals surface area contributed by atoms with Crippen LogP contribution in [-0.2, 0) is 11.3 Å². The van der Waals surface area contributed by atoms with Gasteiger partial charge in [-0.3, -0.25) is 19.9 Å². The molecular formula is C21H21ClN6O4S. The molecule has 2 N–H and O–H groups in total. The molecule has 0 saturated carbocycles. The fourth-order valence-corrected chi connectivity index (χ4v) is 3.86. The minimum Gasteiger partial charge on any atom is -0.464 e. The molecule has 2 aromatic heterocycles. The SMILES string of the molecule is CNC(=O)c1cc(N2CCOCC2)c(C(=O)Nc2nnc(OCc3ccc(Cl)cc3)s2)cn1. The van der Waals surface area contributed by atoms with Gasteiger partial charge in [-0.2, -0.15) is 0 Å². The number of nitrogens with zero attached hydrogens (tertiary/aromatic N) is 4. The van der Waals surface area contributed by atoms with Crippen molar-refractivity contribution in [3.05, 3.63) is 58.4 Å². The molecule has 4 rings (SSSR count). The third-order valence-corrected chi connectivity index (χ3v) is 5.84. The molecule has 12 heteroatoms. The van der Waals surface area contributed by atoms with E-state index in [1.807, 2.05) is 17.0 Å². The number of aromatic nitrogens is 3. The Morgan fingerprint density at radius 2 is 1.94 bits per heavy atom. The third kappa shape index (κ3) is 5.75. The average Bonchev–Trinajstić information content (AvgIpc) is 3.30. The van der Waals surface area contributed by atoms with Gasteiger partial charge in [0.2, 0.25) is 5.13 Å². The summed E-state index contributed by atoms with van der Waals surface area (Å²) in [4.78, 5) is 31.2. The molecule has 0 aliphatic carbocycles. The Balaban J connectivity index is 1.47. The fourth-order valence-electron chi connectivity index (χ4n) is 3.15. The highest BCUT2D eigenvalue weighted by Gasteiger charge is 2.22. The van der Waals surface area contributed by atoms with Gasteiger partial charge in [-0.1, -0.05) is 28.8 Å². The van der Waals surface area contributed by atoms with E-state index in [1.54, 1.807) is 18.2 Å². The summed E-state index contributed by atoms with van der Waals surface area (Å²) in [5, 5.41) is 14.5. The van der Waals surface area contributed by atoms with E-state index in [2.05, 4.69) is 25.8 Å². The average molecular weight is 489 g/mol. The Hall–Kier alpha value is -3.28. The van der Waals surface area contributed by atoms with Crippen LogP contribution in [0.5, 0.6) is 5.19 Å². The summed E-state index contributed by atoms with van der Waals surface area (Å²) in [6, 6.07) is 8.88. The highest BCUT2D eigenvalue weighted by atomic mass is 35.5. The van der Waals surface area contributed by atoms with Crippen molar-refractivity contribution >= 4 is 45.6 Å². The van der Waals surface area contributed by atoms with Gasteiger partial charge in [0.05, 0.1) is 24.5 Å². The number of pyridine rings is 1. The third-order valence-electron chi connectivity index (χ3n) is 4.84. The van der Waals surface area contributed by atoms with Gasteiger partial charge in [0.25, 0.3) is 17.0 Å². The molecule has 172 valence electrons. The summed E-state index contributed by atoms with van der Waals surface area (Å²) in [5.74, 6) is -0.740. The minimum absolute atomic E-state index is 0.226. The molecule has 0 atom stereocenters. The highest BCUT2D eigenvalue weighted by Crippen LogP contribution is 2.27.